The zero-order valence-corrected chi connectivity index (χ0v) is 69.2. The summed E-state index contributed by atoms with van der Waals surface area (Å²) in [6, 6.07) is 158. The molecular weight excluding hydrogens is 1540 g/mol. The summed E-state index contributed by atoms with van der Waals surface area (Å²) in [7, 11) is 0. The Labute approximate surface area is 733 Å². The molecule has 6 nitrogen and oxygen atoms in total. The number of para-hydroxylation sites is 4. The van der Waals surface area contributed by atoms with Gasteiger partial charge in [0, 0.05) is 103 Å². The fourth-order valence-electron chi connectivity index (χ4n) is 20.4. The molecule has 0 bridgehead atoms. The molecule has 6 heterocycles. The Morgan fingerprint density at radius 2 is 0.386 bits per heavy atom. The Hall–Kier alpha value is -16.9. The Balaban J connectivity index is 0.000000107. The Morgan fingerprint density at radius 3 is 0.732 bits per heavy atom. The van der Waals surface area contributed by atoms with Crippen molar-refractivity contribution in [3.05, 3.63) is 474 Å². The molecule has 592 valence electrons. The number of hydrogen-bond acceptors (Lipinski definition) is 3. The van der Waals surface area contributed by atoms with Crippen LogP contribution in [0.25, 0.3) is 236 Å². The molecule has 0 aliphatic rings. The molecule has 0 radical (unpaired) electrons. The van der Waals surface area contributed by atoms with E-state index in [9.17, 15) is 0 Å². The molecule has 127 heavy (non-hydrogen) atoms. The molecule has 0 saturated carbocycles. The van der Waals surface area contributed by atoms with Crippen LogP contribution in [0.4, 0.5) is 0 Å². The van der Waals surface area contributed by atoms with E-state index in [0.717, 1.165) is 22.4 Å². The molecule has 0 N–H and O–H groups in total. The average Bonchev–Trinajstić information content (AvgIpc) is 1.72. The van der Waals surface area contributed by atoms with E-state index in [1.807, 2.05) is 55.4 Å². The van der Waals surface area contributed by atoms with Gasteiger partial charge in [-0.1, -0.05) is 334 Å². The first-order chi connectivity index (χ1) is 63.1. The van der Waals surface area contributed by atoms with Crippen molar-refractivity contribution in [1.29, 1.82) is 0 Å². The number of nitrogens with zero attached hydrogens (tertiary/aromatic N) is 6. The predicted octanol–water partition coefficient (Wildman–Crippen LogP) is 32.3. The summed E-state index contributed by atoms with van der Waals surface area (Å²) in [6.07, 6.45) is 11.4. The van der Waals surface area contributed by atoms with Gasteiger partial charge < -0.3 is 13.7 Å². The normalized spacial score (nSPS) is 11.6. The van der Waals surface area contributed by atoms with Gasteiger partial charge >= 0.3 is 0 Å². The van der Waals surface area contributed by atoms with Crippen LogP contribution in [0.15, 0.2) is 474 Å². The van der Waals surface area contributed by atoms with Crippen LogP contribution in [0.3, 0.4) is 0 Å². The molecule has 0 atom stereocenters. The second kappa shape index (κ2) is 31.2. The minimum Gasteiger partial charge on any atom is -0.309 e. The van der Waals surface area contributed by atoms with Crippen LogP contribution in [0, 0.1) is 0 Å². The number of fused-ring (bicyclic) bond motifs is 16. The van der Waals surface area contributed by atoms with Gasteiger partial charge in [0.15, 0.2) is 0 Å². The molecule has 0 aliphatic carbocycles. The maximum absolute atomic E-state index is 4.46. The fraction of sp³-hybridized carbons (Fsp3) is 0. The van der Waals surface area contributed by atoms with Crippen molar-refractivity contribution in [3.8, 4) is 95.0 Å². The van der Waals surface area contributed by atoms with Crippen molar-refractivity contribution < 1.29 is 0 Å². The van der Waals surface area contributed by atoms with Gasteiger partial charge in [-0.25, -0.2) is 0 Å². The van der Waals surface area contributed by atoms with Crippen LogP contribution in [0.1, 0.15) is 0 Å². The van der Waals surface area contributed by atoms with Crippen LogP contribution in [0.5, 0.6) is 0 Å². The SMILES string of the molecule is c1ccc(-c2ccc(-n3c4ccccc4c4cc(-c5c6ccccc6c(-c6cccnc6)c6ccccc56)ccc43)cc2)cc1.c1ccc(-n2c3ccccc3c3cc(-c4c5ccccc5c(-c5cccnc5)c5ccccc45)ccc32)cc1.c1cncc(-c2c3ccccc3c(-c3ccc4c(c3)c3ccccc3n4-c3cccc4ccccc34)c3ccccc23)c1. The summed E-state index contributed by atoms with van der Waals surface area (Å²) in [6.45, 7) is 0. The van der Waals surface area contributed by atoms with Gasteiger partial charge in [0.1, 0.15) is 0 Å². The molecule has 26 rings (SSSR count). The summed E-state index contributed by atoms with van der Waals surface area (Å²) in [4.78, 5) is 13.4. The van der Waals surface area contributed by atoms with E-state index in [-0.39, 0.29) is 0 Å². The third-order valence-corrected chi connectivity index (χ3v) is 25.8. The van der Waals surface area contributed by atoms with Crippen molar-refractivity contribution in [2.45, 2.75) is 0 Å². The third-order valence-electron chi connectivity index (χ3n) is 25.8. The number of pyridine rings is 3. The van der Waals surface area contributed by atoms with Gasteiger partial charge in [0.25, 0.3) is 0 Å². The summed E-state index contributed by atoms with van der Waals surface area (Å²) in [5.41, 5.74) is 27.8. The number of aromatic nitrogens is 6. The highest BCUT2D eigenvalue weighted by Gasteiger charge is 2.25. The summed E-state index contributed by atoms with van der Waals surface area (Å²) >= 11 is 0. The number of hydrogen-bond donors (Lipinski definition) is 0. The average molecular weight is 1620 g/mol. The predicted molar refractivity (Wildman–Crippen MR) is 536 cm³/mol. The van der Waals surface area contributed by atoms with E-state index >= 15 is 0 Å². The van der Waals surface area contributed by atoms with Gasteiger partial charge in [-0.15, -0.1) is 0 Å². The number of rotatable bonds is 10. The first-order valence-electron chi connectivity index (χ1n) is 43.4. The highest BCUT2D eigenvalue weighted by molar-refractivity contribution is 6.26. The second-order valence-electron chi connectivity index (χ2n) is 32.7. The van der Waals surface area contributed by atoms with E-state index in [1.165, 1.54) is 213 Å². The summed E-state index contributed by atoms with van der Waals surface area (Å²) in [5, 5.41) is 25.0. The fourth-order valence-corrected chi connectivity index (χ4v) is 20.4. The highest BCUT2D eigenvalue weighted by atomic mass is 15.0. The smallest absolute Gasteiger partial charge is 0.0541 e. The molecule has 0 fully saturated rings. The molecule has 26 aromatic rings. The minimum atomic E-state index is 1.13. The van der Waals surface area contributed by atoms with Gasteiger partial charge in [-0.2, -0.15) is 0 Å². The van der Waals surface area contributed by atoms with Gasteiger partial charge in [0.05, 0.1) is 38.8 Å². The zero-order chi connectivity index (χ0) is 83.8. The first kappa shape index (κ1) is 73.9. The van der Waals surface area contributed by atoms with E-state index < -0.39 is 0 Å². The molecule has 6 heteroatoms. The molecule has 6 aromatic heterocycles. The Morgan fingerprint density at radius 1 is 0.142 bits per heavy atom. The van der Waals surface area contributed by atoms with Crippen molar-refractivity contribution >= 4 is 141 Å². The first-order valence-corrected chi connectivity index (χ1v) is 43.4. The molecule has 0 spiro atoms. The van der Waals surface area contributed by atoms with Crippen LogP contribution in [-0.2, 0) is 0 Å². The quantitative estimate of drug-likeness (QED) is 0.128. The second-order valence-corrected chi connectivity index (χ2v) is 32.7. The topological polar surface area (TPSA) is 53.5 Å². The van der Waals surface area contributed by atoms with E-state index in [4.69, 9.17) is 0 Å². The molecule has 20 aromatic carbocycles. The lowest BCUT2D eigenvalue weighted by Gasteiger charge is -2.17. The standard InChI is InChI=1S/C43H28N2.C41H26N2.C37H24N2/c1-2-11-29(12-3-1)30-20-23-33(24-21-30)45-40-19-9-8-14-34(40)39-27-31(22-25-41(39)45)42-35-15-4-6-17-37(35)43(32-13-10-26-44-28-32)38-18-7-5-16-36(38)42;1-2-14-30-27(11-1)12-9-21-37(30)43-38-20-8-7-15-31(38)36-25-28(22-23-39(36)43)40-32-16-3-5-18-34(32)41(29-13-10-24-42-26-29)35-19-6-4-17-33(35)40;1-2-12-27(13-3-1)39-34-19-9-8-14-28(34)33-23-25(20-21-35(33)39)36-29-15-4-6-17-31(29)37(26-11-10-22-38-24-26)32-18-7-5-16-30(32)36/h1-28H;1-26H;1-24H. The minimum absolute atomic E-state index is 1.13. The van der Waals surface area contributed by atoms with Crippen molar-refractivity contribution in [3.63, 3.8) is 0 Å². The lowest BCUT2D eigenvalue weighted by Crippen LogP contribution is -1.95. The molecule has 0 unspecified atom stereocenters. The largest absolute Gasteiger partial charge is 0.309 e. The van der Waals surface area contributed by atoms with Gasteiger partial charge in [0.2, 0.25) is 0 Å². The van der Waals surface area contributed by atoms with E-state index in [2.05, 4.69) is 447 Å². The molecule has 0 aliphatic heterocycles. The number of benzene rings is 20. The molecule has 0 amide bonds. The monoisotopic (exact) mass is 1610 g/mol. The van der Waals surface area contributed by atoms with Gasteiger partial charge in [-0.3, -0.25) is 15.0 Å². The lowest BCUT2D eigenvalue weighted by atomic mass is 9.86. The lowest BCUT2D eigenvalue weighted by molar-refractivity contribution is 1.18. The van der Waals surface area contributed by atoms with Gasteiger partial charge in [-0.05, 0) is 234 Å². The maximum Gasteiger partial charge on any atom is 0.0541 e. The van der Waals surface area contributed by atoms with E-state index in [0.29, 0.717) is 0 Å². The van der Waals surface area contributed by atoms with Crippen LogP contribution in [0.2, 0.25) is 0 Å². The Kier molecular flexibility index (Phi) is 18.2. The van der Waals surface area contributed by atoms with Crippen LogP contribution >= 0.6 is 0 Å². The van der Waals surface area contributed by atoms with Crippen molar-refractivity contribution in [2.24, 2.45) is 0 Å². The summed E-state index contributed by atoms with van der Waals surface area (Å²) < 4.78 is 7.19. The highest BCUT2D eigenvalue weighted by Crippen LogP contribution is 2.50. The molecular formula is C121H78N6. The van der Waals surface area contributed by atoms with Crippen LogP contribution < -0.4 is 0 Å². The summed E-state index contributed by atoms with van der Waals surface area (Å²) in [5.74, 6) is 0. The van der Waals surface area contributed by atoms with Crippen molar-refractivity contribution in [2.75, 3.05) is 0 Å². The van der Waals surface area contributed by atoms with E-state index in [1.54, 1.807) is 0 Å². The maximum atomic E-state index is 4.46. The third kappa shape index (κ3) is 12.5. The van der Waals surface area contributed by atoms with Crippen molar-refractivity contribution in [1.82, 2.24) is 28.7 Å². The Bertz CT molecular complexity index is 8620. The molecule has 0 saturated heterocycles. The van der Waals surface area contributed by atoms with Crippen LogP contribution in [-0.4, -0.2) is 28.7 Å². The zero-order valence-electron chi connectivity index (χ0n) is 69.2.